The van der Waals surface area contributed by atoms with Crippen molar-refractivity contribution in [1.29, 1.82) is 0 Å². The van der Waals surface area contributed by atoms with Gasteiger partial charge < -0.3 is 10.4 Å². The average Bonchev–Trinajstić information content (AvgIpc) is 2.79. The van der Waals surface area contributed by atoms with Gasteiger partial charge >= 0.3 is 5.97 Å². The standard InChI is InChI=1S/C25H25NO3S/c27-24(19-11-5-2-6-12-19)21(17-30)16-26-23(25(28)29)15-20-13-7-8-14-22(20)18-9-3-1-4-10-18/h1-14,21,23,26,30H,15-17H2,(H,28,29)/t21-,23+/m1/s1. The third-order valence-corrected chi connectivity index (χ3v) is 5.53. The molecular weight excluding hydrogens is 394 g/mol. The van der Waals surface area contributed by atoms with Crippen molar-refractivity contribution in [1.82, 2.24) is 5.32 Å². The fourth-order valence-corrected chi connectivity index (χ4v) is 3.72. The zero-order chi connectivity index (χ0) is 21.3. The Balaban J connectivity index is 1.73. The van der Waals surface area contributed by atoms with Gasteiger partial charge in [0.1, 0.15) is 6.04 Å². The molecule has 0 fully saturated rings. The Hall–Kier alpha value is -2.89. The molecule has 2 atom stereocenters. The fourth-order valence-electron chi connectivity index (χ4n) is 3.43. The van der Waals surface area contributed by atoms with Crippen LogP contribution < -0.4 is 5.32 Å². The van der Waals surface area contributed by atoms with Gasteiger partial charge in [0, 0.05) is 23.8 Å². The number of aliphatic carboxylic acids is 1. The van der Waals surface area contributed by atoms with Crippen LogP contribution in [0.2, 0.25) is 0 Å². The number of carboxylic acid groups (broad SMARTS) is 1. The van der Waals surface area contributed by atoms with E-state index in [9.17, 15) is 14.7 Å². The van der Waals surface area contributed by atoms with E-state index in [-0.39, 0.29) is 12.3 Å². The molecule has 0 aliphatic carbocycles. The summed E-state index contributed by atoms with van der Waals surface area (Å²) < 4.78 is 0. The maximum absolute atomic E-state index is 12.7. The van der Waals surface area contributed by atoms with Crippen molar-refractivity contribution < 1.29 is 14.7 Å². The van der Waals surface area contributed by atoms with E-state index in [1.54, 1.807) is 12.1 Å². The smallest absolute Gasteiger partial charge is 0.321 e. The molecule has 0 spiro atoms. The molecule has 3 aromatic rings. The van der Waals surface area contributed by atoms with E-state index in [0.717, 1.165) is 16.7 Å². The third kappa shape index (κ3) is 5.59. The van der Waals surface area contributed by atoms with E-state index in [2.05, 4.69) is 17.9 Å². The summed E-state index contributed by atoms with van der Waals surface area (Å²) in [4.78, 5) is 24.6. The highest BCUT2D eigenvalue weighted by atomic mass is 32.1. The highest BCUT2D eigenvalue weighted by Gasteiger charge is 2.24. The molecule has 0 bridgehead atoms. The van der Waals surface area contributed by atoms with Crippen LogP contribution in [-0.2, 0) is 11.2 Å². The van der Waals surface area contributed by atoms with Gasteiger partial charge in [-0.25, -0.2) is 0 Å². The number of hydrogen-bond acceptors (Lipinski definition) is 4. The predicted octanol–water partition coefficient (Wildman–Crippen LogP) is 4.37. The normalized spacial score (nSPS) is 12.8. The van der Waals surface area contributed by atoms with E-state index in [0.29, 0.717) is 17.7 Å². The Labute approximate surface area is 182 Å². The topological polar surface area (TPSA) is 66.4 Å². The summed E-state index contributed by atoms with van der Waals surface area (Å²) in [5, 5.41) is 12.8. The van der Waals surface area contributed by atoms with Gasteiger partial charge in [-0.1, -0.05) is 84.9 Å². The lowest BCUT2D eigenvalue weighted by molar-refractivity contribution is -0.139. The Kier molecular flexibility index (Phi) is 7.82. The van der Waals surface area contributed by atoms with Crippen LogP contribution in [0.5, 0.6) is 0 Å². The Morgan fingerprint density at radius 2 is 1.47 bits per heavy atom. The van der Waals surface area contributed by atoms with E-state index in [4.69, 9.17) is 0 Å². The molecule has 0 saturated carbocycles. The van der Waals surface area contributed by atoms with Gasteiger partial charge in [0.2, 0.25) is 0 Å². The second-order valence-corrected chi connectivity index (χ2v) is 7.50. The first-order valence-corrected chi connectivity index (χ1v) is 10.5. The zero-order valence-electron chi connectivity index (χ0n) is 16.6. The first-order valence-electron chi connectivity index (χ1n) is 9.89. The van der Waals surface area contributed by atoms with Crippen LogP contribution in [0.3, 0.4) is 0 Å². The van der Waals surface area contributed by atoms with E-state index < -0.39 is 17.9 Å². The van der Waals surface area contributed by atoms with Gasteiger partial charge in [0.05, 0.1) is 0 Å². The number of nitrogens with one attached hydrogen (secondary N) is 1. The largest absolute Gasteiger partial charge is 0.480 e. The van der Waals surface area contributed by atoms with Gasteiger partial charge in [-0.15, -0.1) is 0 Å². The van der Waals surface area contributed by atoms with Gasteiger partial charge in [-0.3, -0.25) is 9.59 Å². The summed E-state index contributed by atoms with van der Waals surface area (Å²) in [6.45, 7) is 0.252. The molecule has 5 heteroatoms. The van der Waals surface area contributed by atoms with Crippen molar-refractivity contribution in [2.45, 2.75) is 12.5 Å². The van der Waals surface area contributed by atoms with Crippen molar-refractivity contribution in [3.05, 3.63) is 96.1 Å². The molecule has 0 heterocycles. The van der Waals surface area contributed by atoms with Crippen molar-refractivity contribution in [3.63, 3.8) is 0 Å². The first-order chi connectivity index (χ1) is 14.6. The van der Waals surface area contributed by atoms with Crippen molar-refractivity contribution >= 4 is 24.4 Å². The molecule has 0 aliphatic heterocycles. The molecule has 30 heavy (non-hydrogen) atoms. The summed E-state index contributed by atoms with van der Waals surface area (Å²) >= 11 is 4.31. The molecule has 0 radical (unpaired) electrons. The second kappa shape index (κ2) is 10.8. The second-order valence-electron chi connectivity index (χ2n) is 7.14. The number of carbonyl (C=O) groups excluding carboxylic acids is 1. The van der Waals surface area contributed by atoms with Gasteiger partial charge in [0.25, 0.3) is 0 Å². The van der Waals surface area contributed by atoms with Crippen molar-refractivity contribution in [2.75, 3.05) is 12.3 Å². The van der Waals surface area contributed by atoms with Crippen LogP contribution in [0.25, 0.3) is 11.1 Å². The number of rotatable bonds is 10. The molecule has 3 aromatic carbocycles. The minimum atomic E-state index is -0.942. The molecule has 4 nitrogen and oxygen atoms in total. The Morgan fingerprint density at radius 1 is 0.867 bits per heavy atom. The number of thiol groups is 1. The number of ketones is 1. The lowest BCUT2D eigenvalue weighted by atomic mass is 9.94. The molecule has 154 valence electrons. The maximum Gasteiger partial charge on any atom is 0.321 e. The molecule has 2 N–H and O–H groups in total. The van der Waals surface area contributed by atoms with Crippen molar-refractivity contribution in [3.8, 4) is 11.1 Å². The van der Waals surface area contributed by atoms with Crippen LogP contribution in [0.1, 0.15) is 15.9 Å². The minimum absolute atomic E-state index is 0.0353. The molecular formula is C25H25NO3S. The Bertz CT molecular complexity index is 976. The van der Waals surface area contributed by atoms with Crippen LogP contribution in [-0.4, -0.2) is 35.2 Å². The van der Waals surface area contributed by atoms with Crippen LogP contribution >= 0.6 is 12.6 Å². The monoisotopic (exact) mass is 419 g/mol. The highest BCUT2D eigenvalue weighted by molar-refractivity contribution is 7.80. The summed E-state index contributed by atoms with van der Waals surface area (Å²) in [7, 11) is 0. The number of hydrogen-bond donors (Lipinski definition) is 3. The number of carbonyl (C=O) groups is 2. The van der Waals surface area contributed by atoms with Gasteiger partial charge in [-0.05, 0) is 23.1 Å². The molecule has 0 aromatic heterocycles. The maximum atomic E-state index is 12.7. The van der Waals surface area contributed by atoms with Crippen LogP contribution in [0.15, 0.2) is 84.9 Å². The first kappa shape index (κ1) is 21.8. The summed E-state index contributed by atoms with van der Waals surface area (Å²) in [5.74, 6) is -1.04. The van der Waals surface area contributed by atoms with E-state index in [1.165, 1.54) is 0 Å². The Morgan fingerprint density at radius 3 is 2.10 bits per heavy atom. The summed E-state index contributed by atoms with van der Waals surface area (Å²) in [5.41, 5.74) is 3.61. The fraction of sp³-hybridized carbons (Fsp3) is 0.200. The lowest BCUT2D eigenvalue weighted by Gasteiger charge is -2.20. The van der Waals surface area contributed by atoms with Crippen molar-refractivity contribution in [2.24, 2.45) is 5.92 Å². The number of benzene rings is 3. The molecule has 0 amide bonds. The molecule has 0 aliphatic rings. The highest BCUT2D eigenvalue weighted by Crippen LogP contribution is 2.24. The van der Waals surface area contributed by atoms with Crippen LogP contribution in [0, 0.1) is 5.92 Å². The average molecular weight is 420 g/mol. The molecule has 0 saturated heterocycles. The molecule has 0 unspecified atom stereocenters. The lowest BCUT2D eigenvalue weighted by Crippen LogP contribution is -2.43. The minimum Gasteiger partial charge on any atom is -0.480 e. The van der Waals surface area contributed by atoms with E-state index in [1.807, 2.05) is 72.8 Å². The summed E-state index contributed by atoms with van der Waals surface area (Å²) in [6, 6.07) is 25.9. The van der Waals surface area contributed by atoms with Gasteiger partial charge in [-0.2, -0.15) is 12.6 Å². The van der Waals surface area contributed by atoms with Gasteiger partial charge in [0.15, 0.2) is 5.78 Å². The number of Topliss-reactive ketones (excluding diaryl/α,β-unsaturated/α-hetero) is 1. The third-order valence-electron chi connectivity index (χ3n) is 5.08. The molecule has 3 rings (SSSR count). The van der Waals surface area contributed by atoms with Crippen LogP contribution in [0.4, 0.5) is 0 Å². The zero-order valence-corrected chi connectivity index (χ0v) is 17.5. The number of carboxylic acids is 1. The predicted molar refractivity (Wildman–Crippen MR) is 123 cm³/mol. The van der Waals surface area contributed by atoms with E-state index >= 15 is 0 Å². The quantitative estimate of drug-likeness (QED) is 0.337. The summed E-state index contributed by atoms with van der Waals surface area (Å²) in [6.07, 6.45) is 0.319. The SMILES string of the molecule is O=C(c1ccccc1)[C@@H](CS)CN[C@@H](Cc1ccccc1-c1ccccc1)C(=O)O.